The highest BCUT2D eigenvalue weighted by Crippen LogP contribution is 2.43. The minimum atomic E-state index is -0.0532. The molecule has 2 atom stereocenters. The fourth-order valence-electron chi connectivity index (χ4n) is 5.07. The van der Waals surface area contributed by atoms with Gasteiger partial charge in [0.15, 0.2) is 5.11 Å². The van der Waals surface area contributed by atoms with Crippen LogP contribution in [-0.4, -0.2) is 14.7 Å². The third-order valence-corrected chi connectivity index (χ3v) is 7.12. The number of benzene rings is 2. The van der Waals surface area contributed by atoms with E-state index in [1.54, 1.807) is 0 Å². The van der Waals surface area contributed by atoms with Crippen LogP contribution in [0, 0.1) is 34.6 Å². The molecule has 1 aliphatic heterocycles. The second-order valence-electron chi connectivity index (χ2n) is 9.28. The number of nitrogens with one attached hydrogen (secondary N) is 1. The van der Waals surface area contributed by atoms with Crippen LogP contribution in [-0.2, 0) is 0 Å². The zero-order valence-corrected chi connectivity index (χ0v) is 21.1. The first-order valence-electron chi connectivity index (χ1n) is 11.7. The molecule has 5 rings (SSSR count). The van der Waals surface area contributed by atoms with Crippen LogP contribution in [0.3, 0.4) is 0 Å². The molecule has 2 aromatic carbocycles. The van der Waals surface area contributed by atoms with Crippen molar-refractivity contribution >= 4 is 23.0 Å². The second kappa shape index (κ2) is 8.73. The molecular weight excluding hydrogens is 436 g/mol. The second-order valence-corrected chi connectivity index (χ2v) is 9.67. The zero-order chi connectivity index (χ0) is 24.0. The quantitative estimate of drug-likeness (QED) is 0.344. The lowest BCUT2D eigenvalue weighted by Crippen LogP contribution is -2.29. The topological polar surface area (TPSA) is 33.1 Å². The van der Waals surface area contributed by atoms with E-state index in [0.717, 1.165) is 16.5 Å². The van der Waals surface area contributed by atoms with E-state index < -0.39 is 0 Å². The van der Waals surface area contributed by atoms with E-state index in [2.05, 4.69) is 104 Å². The van der Waals surface area contributed by atoms with Crippen LogP contribution in [0.1, 0.15) is 51.4 Å². The molecule has 34 heavy (non-hydrogen) atoms. The number of hydrogen-bond acceptors (Lipinski definition) is 2. The highest BCUT2D eigenvalue weighted by atomic mass is 32.1. The van der Waals surface area contributed by atoms with E-state index in [9.17, 15) is 0 Å². The number of aromatic nitrogens is 2. The molecule has 1 fully saturated rings. The summed E-state index contributed by atoms with van der Waals surface area (Å²) in [6.07, 6.45) is 1.85. The van der Waals surface area contributed by atoms with Gasteiger partial charge < -0.3 is 14.8 Å². The third-order valence-electron chi connectivity index (χ3n) is 6.80. The van der Waals surface area contributed by atoms with Gasteiger partial charge in [0.2, 0.25) is 0 Å². The molecule has 0 saturated carbocycles. The molecule has 5 heteroatoms. The van der Waals surface area contributed by atoms with Crippen molar-refractivity contribution in [2.45, 2.75) is 46.7 Å². The lowest BCUT2D eigenvalue weighted by Gasteiger charge is -2.28. The summed E-state index contributed by atoms with van der Waals surface area (Å²) in [4.78, 5) is 6.95. The molecule has 4 nitrogen and oxygen atoms in total. The Morgan fingerprint density at radius 3 is 2.29 bits per heavy atom. The minimum absolute atomic E-state index is 0.0184. The van der Waals surface area contributed by atoms with Crippen molar-refractivity contribution in [3.63, 3.8) is 0 Å². The summed E-state index contributed by atoms with van der Waals surface area (Å²) < 4.78 is 2.38. The van der Waals surface area contributed by atoms with Crippen molar-refractivity contribution < 1.29 is 0 Å². The van der Waals surface area contributed by atoms with E-state index in [0.29, 0.717) is 0 Å². The van der Waals surface area contributed by atoms with E-state index in [4.69, 9.17) is 17.2 Å². The van der Waals surface area contributed by atoms with Crippen molar-refractivity contribution in [3.05, 3.63) is 112 Å². The van der Waals surface area contributed by atoms with Gasteiger partial charge in [0.05, 0.1) is 17.8 Å². The van der Waals surface area contributed by atoms with Gasteiger partial charge in [-0.3, -0.25) is 4.98 Å². The number of thiocarbonyl (C=S) groups is 1. The number of aryl methyl sites for hydroxylation is 4. The number of hydrogen-bond donors (Lipinski definition) is 1. The van der Waals surface area contributed by atoms with E-state index in [-0.39, 0.29) is 12.1 Å². The maximum atomic E-state index is 5.90. The van der Waals surface area contributed by atoms with Crippen LogP contribution in [0.2, 0.25) is 0 Å². The molecule has 2 unspecified atom stereocenters. The first kappa shape index (κ1) is 22.4. The fourth-order valence-corrected chi connectivity index (χ4v) is 5.42. The van der Waals surface area contributed by atoms with E-state index in [1.165, 1.54) is 39.3 Å². The van der Waals surface area contributed by atoms with E-state index >= 15 is 0 Å². The Kier molecular flexibility index (Phi) is 5.74. The summed E-state index contributed by atoms with van der Waals surface area (Å²) in [7, 11) is 0. The summed E-state index contributed by atoms with van der Waals surface area (Å²) in [5.74, 6) is 0. The molecule has 0 bridgehead atoms. The molecule has 4 aromatic rings. The molecule has 1 saturated heterocycles. The zero-order valence-electron chi connectivity index (χ0n) is 20.3. The van der Waals surface area contributed by atoms with Crippen molar-refractivity contribution in [2.24, 2.45) is 0 Å². The average molecular weight is 467 g/mol. The van der Waals surface area contributed by atoms with Crippen LogP contribution < -0.4 is 10.2 Å². The normalized spacial score (nSPS) is 17.8. The van der Waals surface area contributed by atoms with Gasteiger partial charge in [-0.2, -0.15) is 0 Å². The van der Waals surface area contributed by atoms with Crippen molar-refractivity contribution in [3.8, 4) is 5.69 Å². The fraction of sp³-hybridized carbons (Fsp3) is 0.241. The summed E-state index contributed by atoms with van der Waals surface area (Å²) in [5, 5.41) is 4.31. The summed E-state index contributed by atoms with van der Waals surface area (Å²) in [6, 6.07) is 23.5. The van der Waals surface area contributed by atoms with Crippen LogP contribution in [0.25, 0.3) is 5.69 Å². The van der Waals surface area contributed by atoms with Gasteiger partial charge in [-0.05, 0) is 99.9 Å². The minimum Gasteiger partial charge on any atom is -0.351 e. The number of nitrogens with zero attached hydrogens (tertiary/aromatic N) is 3. The first-order valence-corrected chi connectivity index (χ1v) is 12.1. The summed E-state index contributed by atoms with van der Waals surface area (Å²) >= 11 is 5.90. The predicted molar refractivity (Wildman–Crippen MR) is 144 cm³/mol. The number of pyridine rings is 1. The van der Waals surface area contributed by atoms with Crippen LogP contribution in [0.15, 0.2) is 72.9 Å². The van der Waals surface area contributed by atoms with E-state index in [1.807, 2.05) is 18.3 Å². The van der Waals surface area contributed by atoms with Gasteiger partial charge in [0, 0.05) is 29.0 Å². The predicted octanol–water partition coefficient (Wildman–Crippen LogP) is 6.59. The Morgan fingerprint density at radius 2 is 1.59 bits per heavy atom. The maximum Gasteiger partial charge on any atom is 0.174 e. The molecule has 0 radical (unpaired) electrons. The maximum absolute atomic E-state index is 5.90. The Labute approximate surface area is 207 Å². The molecule has 0 spiro atoms. The van der Waals surface area contributed by atoms with Gasteiger partial charge in [-0.25, -0.2) is 0 Å². The summed E-state index contributed by atoms with van der Waals surface area (Å²) in [6.45, 7) is 10.8. The molecular formula is C29H30N4S. The van der Waals surface area contributed by atoms with Gasteiger partial charge >= 0.3 is 0 Å². The molecule has 0 amide bonds. The van der Waals surface area contributed by atoms with Crippen molar-refractivity contribution in [1.82, 2.24) is 14.9 Å². The smallest absolute Gasteiger partial charge is 0.174 e. The molecule has 3 heterocycles. The standard InChI is InChI=1S/C29H30N4S/c1-18-10-13-23(14-11-18)33-28(27(31-29(33)34)25-8-6-7-15-30-25)24-17-21(4)32(22(24)5)26-16-19(2)9-12-20(26)3/h6-17,27-28H,1-5H3,(H,31,34). The first-order chi connectivity index (χ1) is 16.3. The largest absolute Gasteiger partial charge is 0.351 e. The third kappa shape index (κ3) is 3.80. The Hall–Kier alpha value is -3.44. The lowest BCUT2D eigenvalue weighted by molar-refractivity contribution is 0.565. The summed E-state index contributed by atoms with van der Waals surface area (Å²) in [5.41, 5.74) is 10.7. The Morgan fingerprint density at radius 1 is 0.853 bits per heavy atom. The number of anilines is 1. The Balaban J connectivity index is 1.70. The molecule has 1 N–H and O–H groups in total. The van der Waals surface area contributed by atoms with Crippen LogP contribution in [0.4, 0.5) is 5.69 Å². The van der Waals surface area contributed by atoms with Crippen LogP contribution in [0.5, 0.6) is 0 Å². The van der Waals surface area contributed by atoms with Gasteiger partial charge in [0.25, 0.3) is 0 Å². The SMILES string of the molecule is Cc1ccc(N2C(=S)NC(c3ccccn3)C2c2cc(C)n(-c3cc(C)ccc3C)c2C)cc1. The Bertz CT molecular complexity index is 1360. The molecule has 0 aliphatic carbocycles. The lowest BCUT2D eigenvalue weighted by atomic mass is 9.96. The molecule has 2 aromatic heterocycles. The molecule has 1 aliphatic rings. The highest BCUT2D eigenvalue weighted by molar-refractivity contribution is 7.80. The van der Waals surface area contributed by atoms with Gasteiger partial charge in [-0.1, -0.05) is 35.9 Å². The van der Waals surface area contributed by atoms with Crippen LogP contribution >= 0.6 is 12.2 Å². The molecule has 172 valence electrons. The number of rotatable bonds is 4. The monoisotopic (exact) mass is 466 g/mol. The highest BCUT2D eigenvalue weighted by Gasteiger charge is 2.42. The van der Waals surface area contributed by atoms with Gasteiger partial charge in [-0.15, -0.1) is 0 Å². The van der Waals surface area contributed by atoms with Crippen molar-refractivity contribution in [1.29, 1.82) is 0 Å². The average Bonchev–Trinajstić information content (AvgIpc) is 3.32. The van der Waals surface area contributed by atoms with Gasteiger partial charge in [0.1, 0.15) is 0 Å². The van der Waals surface area contributed by atoms with Crippen molar-refractivity contribution in [2.75, 3.05) is 4.90 Å².